The lowest BCUT2D eigenvalue weighted by molar-refractivity contribution is -0.141. The van der Waals surface area contributed by atoms with Gasteiger partial charge in [0.2, 0.25) is 11.8 Å². The average Bonchev–Trinajstić information content (AvgIpc) is 2.77. The minimum atomic E-state index is -0.548. The van der Waals surface area contributed by atoms with Crippen LogP contribution in [-0.4, -0.2) is 29.3 Å². The van der Waals surface area contributed by atoms with Crippen LogP contribution < -0.4 is 5.32 Å². The maximum Gasteiger partial charge on any atom is 0.242 e. The molecule has 0 saturated heterocycles. The zero-order valence-corrected chi connectivity index (χ0v) is 20.1. The highest BCUT2D eigenvalue weighted by Crippen LogP contribution is 2.24. The van der Waals surface area contributed by atoms with Gasteiger partial charge in [0, 0.05) is 29.6 Å². The molecule has 2 aromatic rings. The number of aryl methyl sites for hydroxylation is 2. The molecule has 0 aromatic heterocycles. The molecule has 1 atom stereocenters. The summed E-state index contributed by atoms with van der Waals surface area (Å²) in [5.74, 6) is -0.195. The Morgan fingerprint density at radius 3 is 2.26 bits per heavy atom. The van der Waals surface area contributed by atoms with Gasteiger partial charge in [-0.2, -0.15) is 0 Å². The standard InChI is InChI=1S/C25H32Cl2N2O2/c1-4-15-28-25(31)23(6-3)29(17-20-12-13-21(26)16-22(20)27)24(30)14-11-19-9-7-18(5-2)8-10-19/h7-10,12-13,16,23H,4-6,11,14-15,17H2,1-3H3,(H,28,31)/t23-/m1/s1. The Labute approximate surface area is 195 Å². The van der Waals surface area contributed by atoms with Gasteiger partial charge in [-0.3, -0.25) is 9.59 Å². The van der Waals surface area contributed by atoms with Gasteiger partial charge in [0.25, 0.3) is 0 Å². The van der Waals surface area contributed by atoms with E-state index < -0.39 is 6.04 Å². The summed E-state index contributed by atoms with van der Waals surface area (Å²) in [6, 6.07) is 13.0. The highest BCUT2D eigenvalue weighted by Gasteiger charge is 2.28. The maximum absolute atomic E-state index is 13.3. The summed E-state index contributed by atoms with van der Waals surface area (Å²) in [7, 11) is 0. The number of nitrogens with one attached hydrogen (secondary N) is 1. The first-order valence-electron chi connectivity index (χ1n) is 11.0. The lowest BCUT2D eigenvalue weighted by atomic mass is 10.0. The molecule has 0 saturated carbocycles. The van der Waals surface area contributed by atoms with Crippen molar-refractivity contribution in [3.05, 3.63) is 69.2 Å². The van der Waals surface area contributed by atoms with Gasteiger partial charge in [0.15, 0.2) is 0 Å². The van der Waals surface area contributed by atoms with E-state index in [1.165, 1.54) is 5.56 Å². The fourth-order valence-corrected chi connectivity index (χ4v) is 3.92. The van der Waals surface area contributed by atoms with Crippen LogP contribution in [0.5, 0.6) is 0 Å². The summed E-state index contributed by atoms with van der Waals surface area (Å²) in [4.78, 5) is 27.7. The summed E-state index contributed by atoms with van der Waals surface area (Å²) in [5.41, 5.74) is 3.15. The zero-order valence-electron chi connectivity index (χ0n) is 18.6. The van der Waals surface area contributed by atoms with Gasteiger partial charge in [0.05, 0.1) is 0 Å². The number of amides is 2. The smallest absolute Gasteiger partial charge is 0.242 e. The largest absolute Gasteiger partial charge is 0.354 e. The van der Waals surface area contributed by atoms with E-state index in [-0.39, 0.29) is 18.4 Å². The van der Waals surface area contributed by atoms with Crippen molar-refractivity contribution in [3.63, 3.8) is 0 Å². The second-order valence-corrected chi connectivity index (χ2v) is 8.49. The first kappa shape index (κ1) is 25.2. The number of hydrogen-bond acceptors (Lipinski definition) is 2. The third kappa shape index (κ3) is 7.55. The number of carbonyl (C=O) groups is 2. The van der Waals surface area contributed by atoms with E-state index in [0.29, 0.717) is 35.9 Å². The van der Waals surface area contributed by atoms with Crippen LogP contribution in [0.25, 0.3) is 0 Å². The van der Waals surface area contributed by atoms with Crippen molar-refractivity contribution in [2.24, 2.45) is 0 Å². The van der Waals surface area contributed by atoms with Crippen molar-refractivity contribution in [1.29, 1.82) is 0 Å². The van der Waals surface area contributed by atoms with Crippen LogP contribution in [-0.2, 0) is 29.0 Å². The van der Waals surface area contributed by atoms with Gasteiger partial charge in [-0.15, -0.1) is 0 Å². The van der Waals surface area contributed by atoms with Crippen molar-refractivity contribution in [2.45, 2.75) is 65.5 Å². The van der Waals surface area contributed by atoms with Crippen LogP contribution >= 0.6 is 23.2 Å². The number of hydrogen-bond donors (Lipinski definition) is 1. The molecular formula is C25H32Cl2N2O2. The molecule has 2 rings (SSSR count). The Balaban J connectivity index is 2.21. The number of halogens is 2. The van der Waals surface area contributed by atoms with Gasteiger partial charge in [0.1, 0.15) is 6.04 Å². The van der Waals surface area contributed by atoms with Crippen LogP contribution in [0.3, 0.4) is 0 Å². The molecule has 0 aliphatic carbocycles. The van der Waals surface area contributed by atoms with Gasteiger partial charge in [-0.05, 0) is 54.5 Å². The molecule has 2 aromatic carbocycles. The Bertz CT molecular complexity index is 868. The fourth-order valence-electron chi connectivity index (χ4n) is 3.46. The SMILES string of the molecule is CCCNC(=O)[C@@H](CC)N(Cc1ccc(Cl)cc1Cl)C(=O)CCc1ccc(CC)cc1. The third-order valence-electron chi connectivity index (χ3n) is 5.35. The maximum atomic E-state index is 13.3. The fraction of sp³-hybridized carbons (Fsp3) is 0.440. The van der Waals surface area contributed by atoms with E-state index in [2.05, 4.69) is 36.5 Å². The Morgan fingerprint density at radius 1 is 1.00 bits per heavy atom. The van der Waals surface area contributed by atoms with Crippen molar-refractivity contribution in [3.8, 4) is 0 Å². The summed E-state index contributed by atoms with van der Waals surface area (Å²) >= 11 is 12.4. The molecule has 2 amide bonds. The topological polar surface area (TPSA) is 49.4 Å². The van der Waals surface area contributed by atoms with Gasteiger partial charge < -0.3 is 10.2 Å². The molecule has 0 fully saturated rings. The highest BCUT2D eigenvalue weighted by molar-refractivity contribution is 6.35. The Morgan fingerprint density at radius 2 is 1.68 bits per heavy atom. The molecule has 168 valence electrons. The normalized spacial score (nSPS) is 11.8. The minimum absolute atomic E-state index is 0.0657. The van der Waals surface area contributed by atoms with Crippen LogP contribution in [0.1, 0.15) is 56.7 Å². The van der Waals surface area contributed by atoms with Crippen molar-refractivity contribution < 1.29 is 9.59 Å². The van der Waals surface area contributed by atoms with Crippen LogP contribution in [0.2, 0.25) is 10.0 Å². The quantitative estimate of drug-likeness (QED) is 0.456. The summed E-state index contributed by atoms with van der Waals surface area (Å²) in [6.07, 6.45) is 3.30. The molecule has 4 nitrogen and oxygen atoms in total. The van der Waals surface area contributed by atoms with Crippen LogP contribution in [0.4, 0.5) is 0 Å². The molecule has 0 spiro atoms. The molecule has 0 bridgehead atoms. The van der Waals surface area contributed by atoms with Crippen LogP contribution in [0.15, 0.2) is 42.5 Å². The Hall–Kier alpha value is -2.04. The number of rotatable bonds is 11. The molecule has 1 N–H and O–H groups in total. The number of benzene rings is 2. The molecule has 0 heterocycles. The second-order valence-electron chi connectivity index (χ2n) is 7.64. The van der Waals surface area contributed by atoms with E-state index in [4.69, 9.17) is 23.2 Å². The van der Waals surface area contributed by atoms with Crippen molar-refractivity contribution >= 4 is 35.0 Å². The third-order valence-corrected chi connectivity index (χ3v) is 5.94. The van der Waals surface area contributed by atoms with E-state index >= 15 is 0 Å². The summed E-state index contributed by atoms with van der Waals surface area (Å²) in [6.45, 7) is 6.89. The summed E-state index contributed by atoms with van der Waals surface area (Å²) in [5, 5.41) is 3.95. The monoisotopic (exact) mass is 462 g/mol. The minimum Gasteiger partial charge on any atom is -0.354 e. The zero-order chi connectivity index (χ0) is 22.8. The van der Waals surface area contributed by atoms with Gasteiger partial charge in [-0.1, -0.05) is 74.3 Å². The van der Waals surface area contributed by atoms with E-state index in [9.17, 15) is 9.59 Å². The van der Waals surface area contributed by atoms with Gasteiger partial charge in [-0.25, -0.2) is 0 Å². The van der Waals surface area contributed by atoms with E-state index in [1.54, 1.807) is 17.0 Å². The molecule has 6 heteroatoms. The average molecular weight is 463 g/mol. The Kier molecular flexibility index (Phi) is 10.4. The molecule has 31 heavy (non-hydrogen) atoms. The lowest BCUT2D eigenvalue weighted by Crippen LogP contribution is -2.49. The molecule has 0 aliphatic rings. The summed E-state index contributed by atoms with van der Waals surface area (Å²) < 4.78 is 0. The van der Waals surface area contributed by atoms with E-state index in [1.807, 2.05) is 19.9 Å². The van der Waals surface area contributed by atoms with E-state index in [0.717, 1.165) is 24.0 Å². The lowest BCUT2D eigenvalue weighted by Gasteiger charge is -2.31. The first-order valence-corrected chi connectivity index (χ1v) is 11.7. The van der Waals surface area contributed by atoms with Gasteiger partial charge >= 0.3 is 0 Å². The number of carbonyl (C=O) groups excluding carboxylic acids is 2. The molecule has 0 unspecified atom stereocenters. The predicted molar refractivity (Wildman–Crippen MR) is 129 cm³/mol. The number of nitrogens with zero attached hydrogens (tertiary/aromatic N) is 1. The first-order chi connectivity index (χ1) is 14.9. The molecular weight excluding hydrogens is 431 g/mol. The van der Waals surface area contributed by atoms with Crippen molar-refractivity contribution in [1.82, 2.24) is 10.2 Å². The molecule has 0 radical (unpaired) electrons. The molecule has 0 aliphatic heterocycles. The highest BCUT2D eigenvalue weighted by atomic mass is 35.5. The van der Waals surface area contributed by atoms with Crippen molar-refractivity contribution in [2.75, 3.05) is 6.54 Å². The predicted octanol–water partition coefficient (Wildman–Crippen LogP) is 5.82. The van der Waals surface area contributed by atoms with Crippen LogP contribution in [0, 0.1) is 0 Å². The second kappa shape index (κ2) is 12.7.